The van der Waals surface area contributed by atoms with Crippen LogP contribution < -0.4 is 14.5 Å². The van der Waals surface area contributed by atoms with Crippen molar-refractivity contribution in [2.75, 3.05) is 33.4 Å². The van der Waals surface area contributed by atoms with Gasteiger partial charge in [-0.1, -0.05) is 48.1 Å². The van der Waals surface area contributed by atoms with Crippen LogP contribution in [0, 0.1) is 0 Å². The Balaban J connectivity index is 1.89. The van der Waals surface area contributed by atoms with Crippen LogP contribution in [0.3, 0.4) is 0 Å². The predicted molar refractivity (Wildman–Crippen MR) is 149 cm³/mol. The van der Waals surface area contributed by atoms with Gasteiger partial charge in [0.1, 0.15) is 5.60 Å². The number of carbonyl (C=O) groups is 2. The molecular weight excluding hydrogens is 529 g/mol. The molecule has 1 aliphatic heterocycles. The monoisotopic (exact) mass is 557 g/mol. The number of ether oxygens (including phenoxy) is 1. The number of amides is 2. The van der Waals surface area contributed by atoms with Gasteiger partial charge in [-0.05, 0) is 75.9 Å². The first-order valence-corrected chi connectivity index (χ1v) is 13.6. The molecule has 35 heavy (non-hydrogen) atoms. The highest BCUT2D eigenvalue weighted by atomic mass is 35.5. The molecule has 1 saturated heterocycles. The van der Waals surface area contributed by atoms with E-state index < -0.39 is 17.6 Å². The van der Waals surface area contributed by atoms with Crippen molar-refractivity contribution in [3.63, 3.8) is 0 Å². The number of benzene rings is 2. The second-order valence-corrected chi connectivity index (χ2v) is 11.5. The smallest absolute Gasteiger partial charge is 0.414 e. The zero-order valence-corrected chi connectivity index (χ0v) is 23.4. The summed E-state index contributed by atoms with van der Waals surface area (Å²) < 4.78 is 7.69. The minimum Gasteiger partial charge on any atom is -0.443 e. The fraction of sp³-hybridized carbons (Fsp3) is 0.440. The van der Waals surface area contributed by atoms with E-state index in [0.717, 1.165) is 37.2 Å². The van der Waals surface area contributed by atoms with Crippen molar-refractivity contribution in [1.82, 2.24) is 0 Å². The molecule has 1 N–H and O–H groups in total. The number of nitrogens with one attached hydrogen (secondary N) is 1. The SMILES string of the molecule is CCCCN(C(=O)OC(C)(C)C)c1cc(Cl)cc(NC(=O)c2cc(N3CCCS3)cc(Cl)c2Cl)c1. The quantitative estimate of drug-likeness (QED) is 0.346. The van der Waals surface area contributed by atoms with Gasteiger partial charge in [0.05, 0.1) is 21.3 Å². The van der Waals surface area contributed by atoms with E-state index in [0.29, 0.717) is 28.0 Å². The van der Waals surface area contributed by atoms with Crippen molar-refractivity contribution >= 4 is 75.8 Å². The molecule has 0 spiro atoms. The molecule has 0 aliphatic carbocycles. The number of unbranched alkanes of at least 4 members (excludes halogenated alkanes) is 1. The van der Waals surface area contributed by atoms with E-state index in [4.69, 9.17) is 39.5 Å². The Hall–Kier alpha value is -1.80. The van der Waals surface area contributed by atoms with Crippen molar-refractivity contribution in [3.8, 4) is 0 Å². The van der Waals surface area contributed by atoms with Crippen molar-refractivity contribution in [3.05, 3.63) is 51.0 Å². The zero-order chi connectivity index (χ0) is 25.8. The van der Waals surface area contributed by atoms with Crippen LogP contribution in [0.4, 0.5) is 21.9 Å². The zero-order valence-electron chi connectivity index (χ0n) is 20.3. The molecule has 0 unspecified atom stereocenters. The Labute approximate surface area is 226 Å². The second kappa shape index (κ2) is 12.0. The van der Waals surface area contributed by atoms with Crippen LogP contribution >= 0.6 is 46.8 Å². The molecule has 2 aromatic rings. The highest BCUT2D eigenvalue weighted by Gasteiger charge is 2.25. The van der Waals surface area contributed by atoms with E-state index in [1.165, 1.54) is 4.90 Å². The van der Waals surface area contributed by atoms with Gasteiger partial charge >= 0.3 is 6.09 Å². The maximum atomic E-state index is 13.2. The lowest BCUT2D eigenvalue weighted by molar-refractivity contribution is 0.0580. The Morgan fingerprint density at radius 3 is 2.51 bits per heavy atom. The minimum absolute atomic E-state index is 0.178. The average Bonchev–Trinajstić information content (AvgIpc) is 3.29. The topological polar surface area (TPSA) is 61.9 Å². The van der Waals surface area contributed by atoms with Gasteiger partial charge in [0.15, 0.2) is 0 Å². The lowest BCUT2D eigenvalue weighted by Gasteiger charge is -2.28. The summed E-state index contributed by atoms with van der Waals surface area (Å²) in [5.74, 6) is 0.590. The lowest BCUT2D eigenvalue weighted by Crippen LogP contribution is -2.37. The normalized spacial score (nSPS) is 13.6. The Morgan fingerprint density at radius 1 is 1.14 bits per heavy atom. The average molecular weight is 559 g/mol. The molecule has 10 heteroatoms. The van der Waals surface area contributed by atoms with Gasteiger partial charge in [-0.3, -0.25) is 9.69 Å². The molecule has 0 bridgehead atoms. The summed E-state index contributed by atoms with van der Waals surface area (Å²) in [5, 5.41) is 3.71. The Bertz CT molecular complexity index is 1090. The first-order valence-electron chi connectivity index (χ1n) is 11.5. The largest absolute Gasteiger partial charge is 0.443 e. The molecule has 0 radical (unpaired) electrons. The summed E-state index contributed by atoms with van der Waals surface area (Å²) >= 11 is 20.8. The van der Waals surface area contributed by atoms with E-state index in [2.05, 4.69) is 9.62 Å². The number of rotatable bonds is 7. The number of carbonyl (C=O) groups excluding carboxylic acids is 2. The van der Waals surface area contributed by atoms with Gasteiger partial charge in [0, 0.05) is 35.2 Å². The summed E-state index contributed by atoms with van der Waals surface area (Å²) in [6.45, 7) is 8.82. The van der Waals surface area contributed by atoms with Gasteiger partial charge in [-0.25, -0.2) is 4.79 Å². The van der Waals surface area contributed by atoms with Crippen molar-refractivity contribution in [2.45, 2.75) is 52.6 Å². The molecule has 0 saturated carbocycles. The second-order valence-electron chi connectivity index (χ2n) is 9.22. The summed E-state index contributed by atoms with van der Waals surface area (Å²) in [5.41, 5.74) is 1.40. The van der Waals surface area contributed by atoms with E-state index in [1.807, 2.05) is 27.7 Å². The van der Waals surface area contributed by atoms with Crippen molar-refractivity contribution in [1.29, 1.82) is 0 Å². The van der Waals surface area contributed by atoms with Crippen LogP contribution in [0.15, 0.2) is 30.3 Å². The highest BCUT2D eigenvalue weighted by molar-refractivity contribution is 8.00. The van der Waals surface area contributed by atoms with Gasteiger partial charge < -0.3 is 14.4 Å². The summed E-state index contributed by atoms with van der Waals surface area (Å²) in [6.07, 6.45) is 2.26. The maximum absolute atomic E-state index is 13.2. The molecule has 2 amide bonds. The summed E-state index contributed by atoms with van der Waals surface area (Å²) in [7, 11) is 0. The standard InChI is InChI=1S/C25H30Cl3N3O3S/c1-5-6-8-30(24(33)34-25(2,3)4)18-12-16(26)11-17(13-18)29-23(32)20-14-19(15-21(27)22(20)28)31-9-7-10-35-31/h11-15H,5-10H2,1-4H3,(H,29,32). The van der Waals surface area contributed by atoms with E-state index in [9.17, 15) is 9.59 Å². The van der Waals surface area contributed by atoms with Crippen LogP contribution in [0.5, 0.6) is 0 Å². The predicted octanol–water partition coefficient (Wildman–Crippen LogP) is 8.30. The molecule has 0 atom stereocenters. The van der Waals surface area contributed by atoms with E-state index in [-0.39, 0.29) is 10.6 Å². The summed E-state index contributed by atoms with van der Waals surface area (Å²) in [6, 6.07) is 8.49. The Kier molecular flexibility index (Phi) is 9.49. The third-order valence-corrected chi connectivity index (χ3v) is 7.30. The lowest BCUT2D eigenvalue weighted by atomic mass is 10.1. The summed E-state index contributed by atoms with van der Waals surface area (Å²) in [4.78, 5) is 27.7. The molecule has 6 nitrogen and oxygen atoms in total. The molecule has 0 aromatic heterocycles. The highest BCUT2D eigenvalue weighted by Crippen LogP contribution is 2.36. The number of anilines is 3. The molecule has 190 valence electrons. The van der Waals surface area contributed by atoms with E-state index in [1.54, 1.807) is 42.3 Å². The van der Waals surface area contributed by atoms with Gasteiger partial charge in [-0.15, -0.1) is 0 Å². The molecule has 3 rings (SSSR count). The first kappa shape index (κ1) is 27.8. The number of halogens is 3. The number of hydrogen-bond acceptors (Lipinski definition) is 5. The maximum Gasteiger partial charge on any atom is 0.414 e. The molecule has 1 heterocycles. The van der Waals surface area contributed by atoms with Crippen molar-refractivity contribution in [2.24, 2.45) is 0 Å². The molecule has 2 aromatic carbocycles. The molecular formula is C25H30Cl3N3O3S. The minimum atomic E-state index is -0.647. The van der Waals surface area contributed by atoms with Gasteiger partial charge in [0.25, 0.3) is 5.91 Å². The fourth-order valence-electron chi connectivity index (χ4n) is 3.49. The fourth-order valence-corrected chi connectivity index (χ4v) is 5.12. The Morgan fingerprint density at radius 2 is 1.89 bits per heavy atom. The van der Waals surface area contributed by atoms with Crippen LogP contribution in [-0.4, -0.2) is 36.4 Å². The number of hydrogen-bond donors (Lipinski definition) is 1. The van der Waals surface area contributed by atoms with Gasteiger partial charge in [-0.2, -0.15) is 0 Å². The molecule has 1 aliphatic rings. The van der Waals surface area contributed by atoms with Crippen LogP contribution in [0.2, 0.25) is 15.1 Å². The third kappa shape index (κ3) is 7.59. The van der Waals surface area contributed by atoms with E-state index >= 15 is 0 Å². The third-order valence-electron chi connectivity index (χ3n) is 5.10. The van der Waals surface area contributed by atoms with Crippen LogP contribution in [-0.2, 0) is 4.74 Å². The molecule has 1 fully saturated rings. The van der Waals surface area contributed by atoms with Crippen LogP contribution in [0.1, 0.15) is 57.3 Å². The first-order chi connectivity index (χ1) is 16.5. The van der Waals surface area contributed by atoms with Crippen molar-refractivity contribution < 1.29 is 14.3 Å². The number of nitrogens with zero attached hydrogens (tertiary/aromatic N) is 2. The van der Waals surface area contributed by atoms with Crippen LogP contribution in [0.25, 0.3) is 0 Å². The van der Waals surface area contributed by atoms with Gasteiger partial charge in [0.2, 0.25) is 0 Å².